The van der Waals surface area contributed by atoms with Gasteiger partial charge in [-0.1, -0.05) is 0 Å². The Bertz CT molecular complexity index is 1530. The normalized spacial score (nSPS) is 17.8. The predicted octanol–water partition coefficient (Wildman–Crippen LogP) is 7.63. The maximum atomic E-state index is 4.08. The molecule has 2 atom stereocenters. The van der Waals surface area contributed by atoms with E-state index in [0.29, 0.717) is 12.1 Å². The van der Waals surface area contributed by atoms with Gasteiger partial charge < -0.3 is 0 Å². The Balaban J connectivity index is 1.57. The zero-order valence-electron chi connectivity index (χ0n) is 20.9. The van der Waals surface area contributed by atoms with Crippen molar-refractivity contribution in [3.8, 4) is 11.3 Å². The number of rotatable bonds is 4. The molecular formula is C32H31AgN3. The summed E-state index contributed by atoms with van der Waals surface area (Å²) in [5.41, 5.74) is 10.3. The van der Waals surface area contributed by atoms with E-state index >= 15 is 0 Å². The second-order valence-electron chi connectivity index (χ2n) is 9.96. The fourth-order valence-corrected chi connectivity index (χ4v) is 6.75. The average Bonchev–Trinajstić information content (AvgIpc) is 3.46. The predicted molar refractivity (Wildman–Crippen MR) is 144 cm³/mol. The molecule has 0 bridgehead atoms. The second kappa shape index (κ2) is 9.40. The van der Waals surface area contributed by atoms with Crippen LogP contribution in [0.25, 0.3) is 16.8 Å². The first kappa shape index (κ1) is 23.3. The summed E-state index contributed by atoms with van der Waals surface area (Å²) < 4.78 is 5.73. The Kier molecular flexibility index (Phi) is 6.08. The first-order chi connectivity index (χ1) is 17.5. The molecule has 6 rings (SSSR count). The first-order valence-electron chi connectivity index (χ1n) is 12.7. The molecule has 5 aromatic rings. The van der Waals surface area contributed by atoms with Crippen molar-refractivity contribution in [3.63, 3.8) is 0 Å². The Hall–Kier alpha value is -3.11. The van der Waals surface area contributed by atoms with Gasteiger partial charge in [0.25, 0.3) is 0 Å². The van der Waals surface area contributed by atoms with E-state index < -0.39 is 0 Å². The SMILES string of the molecule is Cc1cc(C)c(-c2cccc3cn(N4[C@H](c5ccccc5)CC[C@H]4c4ccccc4)[c](=[Ag])n23)c(C)c1. The molecule has 0 N–H and O–H groups in total. The van der Waals surface area contributed by atoms with Gasteiger partial charge in [0, 0.05) is 0 Å². The number of fused-ring (bicyclic) bond motifs is 1. The molecule has 0 aliphatic carbocycles. The third kappa shape index (κ3) is 3.92. The van der Waals surface area contributed by atoms with E-state index in [1.54, 1.807) is 0 Å². The minimum absolute atomic E-state index is 0.293. The summed E-state index contributed by atoms with van der Waals surface area (Å²) in [4.78, 5) is 0. The molecule has 0 amide bonds. The second-order valence-corrected chi connectivity index (χ2v) is 10.6. The molecule has 3 aromatic carbocycles. The molecule has 4 heteroatoms. The van der Waals surface area contributed by atoms with Gasteiger partial charge >= 0.3 is 226 Å². The first-order valence-corrected chi connectivity index (χ1v) is 13.4. The van der Waals surface area contributed by atoms with Crippen molar-refractivity contribution in [2.24, 2.45) is 0 Å². The van der Waals surface area contributed by atoms with Crippen LogP contribution < -0.4 is 5.01 Å². The molecule has 3 nitrogen and oxygen atoms in total. The molecule has 3 heterocycles. The average molecular weight is 565 g/mol. The number of aromatic nitrogens is 2. The van der Waals surface area contributed by atoms with Crippen LogP contribution in [0.15, 0.2) is 97.2 Å². The van der Waals surface area contributed by atoms with E-state index in [9.17, 15) is 0 Å². The third-order valence-corrected chi connectivity index (χ3v) is 8.19. The number of nitrogens with zero attached hydrogens (tertiary/aromatic N) is 3. The van der Waals surface area contributed by atoms with Gasteiger partial charge in [-0.05, 0) is 0 Å². The summed E-state index contributed by atoms with van der Waals surface area (Å²) in [6.45, 7) is 6.61. The molecule has 0 unspecified atom stereocenters. The Morgan fingerprint density at radius 1 is 0.694 bits per heavy atom. The molecule has 185 valence electrons. The summed E-state index contributed by atoms with van der Waals surface area (Å²) in [6, 6.07) is 33.6. The van der Waals surface area contributed by atoms with Gasteiger partial charge in [-0.3, -0.25) is 0 Å². The molecule has 0 saturated carbocycles. The minimum atomic E-state index is 0.293. The van der Waals surface area contributed by atoms with Crippen LogP contribution in [-0.2, 0) is 20.6 Å². The molecule has 1 aliphatic rings. The quantitative estimate of drug-likeness (QED) is 0.204. The number of hydrogen-bond acceptors (Lipinski definition) is 1. The number of pyridine rings is 1. The number of hydrogen-bond donors (Lipinski definition) is 0. The third-order valence-electron chi connectivity index (χ3n) is 7.52. The van der Waals surface area contributed by atoms with Crippen LogP contribution in [-0.4, -0.2) is 9.08 Å². The molecular weight excluding hydrogens is 534 g/mol. The number of imidazole rings is 1. The van der Waals surface area contributed by atoms with Crippen LogP contribution in [0.3, 0.4) is 0 Å². The summed E-state index contributed by atoms with van der Waals surface area (Å²) in [7, 11) is 0. The van der Waals surface area contributed by atoms with Crippen LogP contribution >= 0.6 is 0 Å². The standard InChI is InChI=1S/C32H31N3.Ag/c1-23-19-24(2)32(25(3)20-23)31-16-10-15-28-21-33(22-34(28)31)35-29(26-11-6-4-7-12-26)17-18-30(35)27-13-8-5-9-14-27;/h4-16,19-21,29-30H,17-18H2,1-3H3;/t29-,30-;/m0./s1. The van der Waals surface area contributed by atoms with Crippen LogP contribution in [0.2, 0.25) is 0 Å². The van der Waals surface area contributed by atoms with E-state index in [2.05, 4.69) is 153 Å². The van der Waals surface area contributed by atoms with E-state index in [0.717, 1.165) is 16.5 Å². The van der Waals surface area contributed by atoms with E-state index in [1.807, 2.05) is 0 Å². The van der Waals surface area contributed by atoms with Crippen molar-refractivity contribution >= 4 is 5.52 Å². The molecule has 1 aliphatic heterocycles. The van der Waals surface area contributed by atoms with Crippen LogP contribution in [0, 0.1) is 24.4 Å². The zero-order chi connectivity index (χ0) is 24.8. The number of benzene rings is 3. The monoisotopic (exact) mass is 564 g/mol. The van der Waals surface area contributed by atoms with Gasteiger partial charge in [0.15, 0.2) is 0 Å². The zero-order valence-corrected chi connectivity index (χ0v) is 22.4. The van der Waals surface area contributed by atoms with Crippen LogP contribution in [0.5, 0.6) is 0 Å². The van der Waals surface area contributed by atoms with Crippen LogP contribution in [0.1, 0.15) is 52.7 Å². The molecule has 0 radical (unpaired) electrons. The van der Waals surface area contributed by atoms with Crippen LogP contribution in [0.4, 0.5) is 0 Å². The topological polar surface area (TPSA) is 12.6 Å². The fourth-order valence-electron chi connectivity index (χ4n) is 6.11. The van der Waals surface area contributed by atoms with Crippen molar-refractivity contribution < 1.29 is 20.6 Å². The van der Waals surface area contributed by atoms with Crippen molar-refractivity contribution in [1.82, 2.24) is 9.08 Å². The maximum absolute atomic E-state index is 4.08. The Morgan fingerprint density at radius 3 is 1.81 bits per heavy atom. The molecule has 1 fully saturated rings. The van der Waals surface area contributed by atoms with Crippen molar-refractivity contribution in [1.29, 1.82) is 0 Å². The summed E-state index contributed by atoms with van der Waals surface area (Å²) in [5.74, 6) is 0. The Labute approximate surface area is 225 Å². The summed E-state index contributed by atoms with van der Waals surface area (Å²) in [6.07, 6.45) is 4.50. The van der Waals surface area contributed by atoms with E-state index in [-0.39, 0.29) is 0 Å². The van der Waals surface area contributed by atoms with Gasteiger partial charge in [0.05, 0.1) is 0 Å². The van der Waals surface area contributed by atoms with E-state index in [4.69, 9.17) is 0 Å². The van der Waals surface area contributed by atoms with Gasteiger partial charge in [0.2, 0.25) is 0 Å². The summed E-state index contributed by atoms with van der Waals surface area (Å²) >= 11 is 4.08. The van der Waals surface area contributed by atoms with Crippen molar-refractivity contribution in [2.45, 2.75) is 45.7 Å². The van der Waals surface area contributed by atoms with E-state index in [1.165, 1.54) is 44.6 Å². The van der Waals surface area contributed by atoms with Gasteiger partial charge in [-0.15, -0.1) is 0 Å². The fraction of sp³-hybridized carbons (Fsp3) is 0.219. The molecule has 1 saturated heterocycles. The van der Waals surface area contributed by atoms with Crippen molar-refractivity contribution in [3.05, 3.63) is 129 Å². The molecule has 0 spiro atoms. The molecule has 2 aromatic heterocycles. The van der Waals surface area contributed by atoms with Gasteiger partial charge in [0.1, 0.15) is 0 Å². The number of aryl methyl sites for hydroxylation is 3. The molecule has 36 heavy (non-hydrogen) atoms. The van der Waals surface area contributed by atoms with Gasteiger partial charge in [-0.25, -0.2) is 0 Å². The summed E-state index contributed by atoms with van der Waals surface area (Å²) in [5, 5.41) is 2.57. The van der Waals surface area contributed by atoms with Crippen molar-refractivity contribution in [2.75, 3.05) is 5.01 Å². The van der Waals surface area contributed by atoms with Gasteiger partial charge in [-0.2, -0.15) is 0 Å². The Morgan fingerprint density at radius 2 is 1.25 bits per heavy atom.